The molecule has 0 atom stereocenters. The highest BCUT2D eigenvalue weighted by atomic mass is 16.6. The molecule has 1 saturated heterocycles. The van der Waals surface area contributed by atoms with E-state index < -0.39 is 4.92 Å². The first-order chi connectivity index (χ1) is 15.7. The van der Waals surface area contributed by atoms with E-state index in [9.17, 15) is 10.1 Å². The van der Waals surface area contributed by atoms with Crippen LogP contribution in [0.2, 0.25) is 0 Å². The molecule has 1 aliphatic heterocycles. The highest BCUT2D eigenvalue weighted by Crippen LogP contribution is 2.38. The maximum absolute atomic E-state index is 12.0. The fourth-order valence-corrected chi connectivity index (χ4v) is 4.02. The van der Waals surface area contributed by atoms with Crippen molar-refractivity contribution < 1.29 is 9.66 Å². The average molecular weight is 427 g/mol. The van der Waals surface area contributed by atoms with Crippen LogP contribution in [0, 0.1) is 10.1 Å². The first-order valence-electron chi connectivity index (χ1n) is 10.4. The van der Waals surface area contributed by atoms with Gasteiger partial charge in [0.15, 0.2) is 0 Å². The molecule has 0 radical (unpaired) electrons. The van der Waals surface area contributed by atoms with Crippen LogP contribution in [0.3, 0.4) is 0 Å². The second-order valence-electron chi connectivity index (χ2n) is 7.50. The van der Waals surface area contributed by atoms with Gasteiger partial charge >= 0.3 is 11.6 Å². The number of fused-ring (bicyclic) bond motifs is 1. The summed E-state index contributed by atoms with van der Waals surface area (Å²) in [5, 5.41) is 13.9. The van der Waals surface area contributed by atoms with Gasteiger partial charge in [0.1, 0.15) is 12.1 Å². The van der Waals surface area contributed by atoms with E-state index in [4.69, 9.17) is 4.74 Å². The Morgan fingerprint density at radius 2 is 1.50 bits per heavy atom. The van der Waals surface area contributed by atoms with Crippen molar-refractivity contribution in [2.45, 2.75) is 0 Å². The molecule has 2 heterocycles. The van der Waals surface area contributed by atoms with Crippen molar-refractivity contribution in [2.75, 3.05) is 36.0 Å². The highest BCUT2D eigenvalue weighted by molar-refractivity contribution is 5.88. The molecule has 0 saturated carbocycles. The minimum absolute atomic E-state index is 0.0538. The molecule has 5 rings (SSSR count). The quantitative estimate of drug-likeness (QED) is 0.338. The van der Waals surface area contributed by atoms with Crippen molar-refractivity contribution >= 4 is 28.0 Å². The number of nitro groups is 1. The lowest BCUT2D eigenvalue weighted by Crippen LogP contribution is -2.47. The molecule has 8 heteroatoms. The van der Waals surface area contributed by atoms with Crippen LogP contribution >= 0.6 is 0 Å². The van der Waals surface area contributed by atoms with Crippen molar-refractivity contribution in [1.82, 2.24) is 9.97 Å². The fraction of sp³-hybridized carbons (Fsp3) is 0.167. The number of ether oxygens (including phenoxy) is 1. The topological polar surface area (TPSA) is 84.6 Å². The van der Waals surface area contributed by atoms with Gasteiger partial charge in [-0.2, -0.15) is 4.98 Å². The summed E-state index contributed by atoms with van der Waals surface area (Å²) in [7, 11) is 0. The summed E-state index contributed by atoms with van der Waals surface area (Å²) in [6.07, 6.45) is 1.33. The van der Waals surface area contributed by atoms with Gasteiger partial charge in [0.25, 0.3) is 0 Å². The summed E-state index contributed by atoms with van der Waals surface area (Å²) in [6, 6.07) is 23.5. The van der Waals surface area contributed by atoms with Crippen molar-refractivity contribution in [3.8, 4) is 11.6 Å². The molecule has 4 aromatic rings. The van der Waals surface area contributed by atoms with E-state index in [1.54, 1.807) is 6.07 Å². The summed E-state index contributed by atoms with van der Waals surface area (Å²) in [4.78, 5) is 24.1. The van der Waals surface area contributed by atoms with Crippen LogP contribution in [0.4, 0.5) is 17.2 Å². The summed E-state index contributed by atoms with van der Waals surface area (Å²) in [6.45, 7) is 2.70. The Kier molecular flexibility index (Phi) is 5.25. The van der Waals surface area contributed by atoms with E-state index >= 15 is 0 Å². The normalized spacial score (nSPS) is 13.9. The van der Waals surface area contributed by atoms with E-state index in [1.165, 1.54) is 6.33 Å². The molecule has 1 fully saturated rings. The first kappa shape index (κ1) is 19.7. The number of piperazine rings is 1. The molecule has 3 aromatic carbocycles. The zero-order chi connectivity index (χ0) is 21.9. The molecule has 32 heavy (non-hydrogen) atoms. The molecule has 0 N–H and O–H groups in total. The van der Waals surface area contributed by atoms with Crippen molar-refractivity contribution in [3.05, 3.63) is 89.2 Å². The SMILES string of the molecule is O=[N+]([O-])c1c(Oc2cccc3ccccc23)ncnc1N1CCN(c2ccccc2)CC1. The van der Waals surface area contributed by atoms with Crippen molar-refractivity contribution in [2.24, 2.45) is 0 Å². The Morgan fingerprint density at radius 1 is 0.812 bits per heavy atom. The Hall–Kier alpha value is -4.20. The van der Waals surface area contributed by atoms with E-state index in [1.807, 2.05) is 59.5 Å². The van der Waals surface area contributed by atoms with E-state index in [2.05, 4.69) is 27.0 Å². The monoisotopic (exact) mass is 427 g/mol. The zero-order valence-electron chi connectivity index (χ0n) is 17.3. The second kappa shape index (κ2) is 8.50. The van der Waals surface area contributed by atoms with Crippen LogP contribution in [0.5, 0.6) is 11.6 Å². The predicted molar refractivity (Wildman–Crippen MR) is 124 cm³/mol. The second-order valence-corrected chi connectivity index (χ2v) is 7.50. The van der Waals surface area contributed by atoms with Crippen LogP contribution in [-0.2, 0) is 0 Å². The number of aromatic nitrogens is 2. The number of benzene rings is 3. The van der Waals surface area contributed by atoms with E-state index in [0.717, 1.165) is 29.5 Å². The Balaban J connectivity index is 1.43. The lowest BCUT2D eigenvalue weighted by atomic mass is 10.1. The molecular formula is C24H21N5O3. The molecule has 0 aliphatic carbocycles. The third-order valence-corrected chi connectivity index (χ3v) is 5.61. The first-order valence-corrected chi connectivity index (χ1v) is 10.4. The number of hydrogen-bond donors (Lipinski definition) is 0. The van der Waals surface area contributed by atoms with Gasteiger partial charge in [-0.15, -0.1) is 0 Å². The third kappa shape index (κ3) is 3.78. The summed E-state index contributed by atoms with van der Waals surface area (Å²) in [5.74, 6) is 0.750. The van der Waals surface area contributed by atoms with Gasteiger partial charge in [-0.1, -0.05) is 54.6 Å². The maximum Gasteiger partial charge on any atom is 0.373 e. The number of para-hydroxylation sites is 1. The molecular weight excluding hydrogens is 406 g/mol. The average Bonchev–Trinajstić information content (AvgIpc) is 2.85. The molecule has 0 amide bonds. The Morgan fingerprint density at radius 3 is 2.28 bits per heavy atom. The lowest BCUT2D eigenvalue weighted by molar-refractivity contribution is -0.385. The summed E-state index contributed by atoms with van der Waals surface area (Å²) >= 11 is 0. The van der Waals surface area contributed by atoms with Crippen LogP contribution in [0.25, 0.3) is 10.8 Å². The van der Waals surface area contributed by atoms with Gasteiger partial charge in [-0.05, 0) is 23.6 Å². The van der Waals surface area contributed by atoms with Crippen LogP contribution in [-0.4, -0.2) is 41.1 Å². The minimum atomic E-state index is -0.459. The van der Waals surface area contributed by atoms with Gasteiger partial charge < -0.3 is 14.5 Å². The number of anilines is 2. The molecule has 1 aliphatic rings. The van der Waals surface area contributed by atoms with Crippen LogP contribution in [0.1, 0.15) is 0 Å². The van der Waals surface area contributed by atoms with Crippen LogP contribution in [0.15, 0.2) is 79.1 Å². The van der Waals surface area contributed by atoms with Gasteiger partial charge in [-0.3, -0.25) is 10.1 Å². The van der Waals surface area contributed by atoms with Gasteiger partial charge in [-0.25, -0.2) is 4.98 Å². The highest BCUT2D eigenvalue weighted by Gasteiger charge is 2.31. The molecule has 0 bridgehead atoms. The summed E-state index contributed by atoms with van der Waals surface area (Å²) < 4.78 is 5.98. The fourth-order valence-electron chi connectivity index (χ4n) is 4.02. The van der Waals surface area contributed by atoms with E-state index in [0.29, 0.717) is 18.8 Å². The Bertz CT molecular complexity index is 1250. The predicted octanol–water partition coefficient (Wildman–Crippen LogP) is 4.66. The van der Waals surface area contributed by atoms with Gasteiger partial charge in [0.05, 0.1) is 4.92 Å². The summed E-state index contributed by atoms with van der Waals surface area (Å²) in [5.41, 5.74) is 0.929. The molecule has 0 spiro atoms. The number of rotatable bonds is 5. The molecule has 1 aromatic heterocycles. The zero-order valence-corrected chi connectivity index (χ0v) is 17.3. The molecule has 0 unspecified atom stereocenters. The van der Waals surface area contributed by atoms with E-state index in [-0.39, 0.29) is 17.4 Å². The smallest absolute Gasteiger partial charge is 0.373 e. The van der Waals surface area contributed by atoms with Gasteiger partial charge in [0.2, 0.25) is 5.82 Å². The maximum atomic E-state index is 12.0. The standard InChI is InChI=1S/C24H21N5O3/c30-29(31)22-23(28-15-13-27(14-16-28)19-9-2-1-3-10-19)25-17-26-24(22)32-21-12-6-8-18-7-4-5-11-20(18)21/h1-12,17H,13-16H2. The van der Waals surface area contributed by atoms with Crippen molar-refractivity contribution in [1.29, 1.82) is 0 Å². The Labute approximate surface area is 184 Å². The molecule has 8 nitrogen and oxygen atoms in total. The van der Waals surface area contributed by atoms with Gasteiger partial charge in [0, 0.05) is 37.3 Å². The minimum Gasteiger partial charge on any atom is -0.433 e. The van der Waals surface area contributed by atoms with Crippen molar-refractivity contribution in [3.63, 3.8) is 0 Å². The number of hydrogen-bond acceptors (Lipinski definition) is 7. The number of nitrogens with zero attached hydrogens (tertiary/aromatic N) is 5. The molecule has 160 valence electrons. The largest absolute Gasteiger partial charge is 0.433 e. The lowest BCUT2D eigenvalue weighted by Gasteiger charge is -2.36. The third-order valence-electron chi connectivity index (χ3n) is 5.61. The van der Waals surface area contributed by atoms with Crippen LogP contribution < -0.4 is 14.5 Å².